The molecule has 0 unspecified atom stereocenters. The molecule has 0 aliphatic carbocycles. The molecule has 1 fully saturated rings. The maximum Gasteiger partial charge on any atom is 0.260 e. The van der Waals surface area contributed by atoms with Gasteiger partial charge < -0.3 is 4.74 Å². The van der Waals surface area contributed by atoms with Crippen LogP contribution >= 0.6 is 11.3 Å². The number of thiazole rings is 1. The largest absolute Gasteiger partial charge is 0.379 e. The second kappa shape index (κ2) is 7.16. The first kappa shape index (κ1) is 17.9. The Morgan fingerprint density at radius 2 is 2.08 bits per heavy atom. The molecule has 0 radical (unpaired) electrons. The van der Waals surface area contributed by atoms with Crippen LogP contribution in [-0.4, -0.2) is 49.9 Å². The van der Waals surface area contributed by atoms with Gasteiger partial charge in [0.15, 0.2) is 5.13 Å². The lowest BCUT2D eigenvalue weighted by molar-refractivity contribution is 0.0730. The smallest absolute Gasteiger partial charge is 0.260 e. The zero-order valence-electron chi connectivity index (χ0n) is 13.4. The fraction of sp³-hybridized carbons (Fsp3) is 0.333. The maximum atomic E-state index is 14.1. The topological polar surface area (TPSA) is 88.6 Å². The highest BCUT2D eigenvalue weighted by molar-refractivity contribution is 7.89. The molecule has 1 aliphatic rings. The first-order chi connectivity index (χ1) is 11.9. The molecule has 1 aromatic carbocycles. The van der Waals surface area contributed by atoms with Crippen LogP contribution in [0.25, 0.3) is 0 Å². The van der Waals surface area contributed by atoms with Crippen molar-refractivity contribution in [3.63, 3.8) is 0 Å². The molecule has 134 valence electrons. The molecule has 0 saturated carbocycles. The summed E-state index contributed by atoms with van der Waals surface area (Å²) < 4.78 is 45.7. The summed E-state index contributed by atoms with van der Waals surface area (Å²) in [5.74, 6) is -1.54. The fourth-order valence-electron chi connectivity index (χ4n) is 2.35. The summed E-state index contributed by atoms with van der Waals surface area (Å²) >= 11 is 1.24. The van der Waals surface area contributed by atoms with Gasteiger partial charge in [0.1, 0.15) is 5.82 Å². The van der Waals surface area contributed by atoms with Crippen molar-refractivity contribution in [3.8, 4) is 0 Å². The van der Waals surface area contributed by atoms with Crippen LogP contribution < -0.4 is 5.32 Å². The molecule has 1 aromatic heterocycles. The third-order valence-electron chi connectivity index (χ3n) is 3.63. The van der Waals surface area contributed by atoms with Crippen molar-refractivity contribution in [2.75, 3.05) is 31.6 Å². The Morgan fingerprint density at radius 3 is 2.72 bits per heavy atom. The van der Waals surface area contributed by atoms with Gasteiger partial charge in [0, 0.05) is 24.2 Å². The molecule has 3 rings (SSSR count). The van der Waals surface area contributed by atoms with Gasteiger partial charge in [-0.25, -0.2) is 17.8 Å². The number of aryl methyl sites for hydroxylation is 1. The number of rotatable bonds is 4. The predicted molar refractivity (Wildman–Crippen MR) is 90.8 cm³/mol. The minimum Gasteiger partial charge on any atom is -0.379 e. The van der Waals surface area contributed by atoms with Gasteiger partial charge in [-0.05, 0) is 25.1 Å². The van der Waals surface area contributed by atoms with Gasteiger partial charge in [-0.2, -0.15) is 4.31 Å². The van der Waals surface area contributed by atoms with E-state index in [0.717, 1.165) is 23.1 Å². The number of nitrogens with zero attached hydrogens (tertiary/aromatic N) is 2. The Bertz CT molecular complexity index is 892. The summed E-state index contributed by atoms with van der Waals surface area (Å²) in [6.45, 7) is 2.87. The molecule has 1 saturated heterocycles. The molecule has 25 heavy (non-hydrogen) atoms. The first-order valence-corrected chi connectivity index (χ1v) is 9.75. The van der Waals surface area contributed by atoms with Crippen molar-refractivity contribution < 1.29 is 22.3 Å². The van der Waals surface area contributed by atoms with Gasteiger partial charge >= 0.3 is 0 Å². The van der Waals surface area contributed by atoms with Gasteiger partial charge in [0.05, 0.1) is 23.7 Å². The van der Waals surface area contributed by atoms with E-state index in [4.69, 9.17) is 4.74 Å². The third-order valence-corrected chi connectivity index (χ3v) is 6.35. The number of carbonyl (C=O) groups is 1. The Balaban J connectivity index is 1.88. The summed E-state index contributed by atoms with van der Waals surface area (Å²) in [7, 11) is -3.81. The van der Waals surface area contributed by atoms with Crippen molar-refractivity contribution in [2.45, 2.75) is 11.8 Å². The number of halogens is 1. The molecule has 1 aliphatic heterocycles. The highest BCUT2D eigenvalue weighted by Gasteiger charge is 2.28. The number of hydrogen-bond donors (Lipinski definition) is 1. The highest BCUT2D eigenvalue weighted by atomic mass is 32.2. The maximum absolute atomic E-state index is 14.1. The van der Waals surface area contributed by atoms with Gasteiger partial charge in [0.2, 0.25) is 10.0 Å². The number of amides is 1. The molecule has 1 N–H and O–H groups in total. The van der Waals surface area contributed by atoms with Crippen molar-refractivity contribution in [2.24, 2.45) is 0 Å². The number of morpholine rings is 1. The molecule has 2 heterocycles. The Kier molecular flexibility index (Phi) is 5.13. The molecular weight excluding hydrogens is 369 g/mol. The van der Waals surface area contributed by atoms with E-state index >= 15 is 0 Å². The average Bonchev–Trinajstić information content (AvgIpc) is 3.00. The van der Waals surface area contributed by atoms with Crippen molar-refractivity contribution in [1.82, 2.24) is 9.29 Å². The molecule has 0 spiro atoms. The summed E-state index contributed by atoms with van der Waals surface area (Å²) in [6.07, 6.45) is 1.58. The molecule has 10 heteroatoms. The van der Waals surface area contributed by atoms with Crippen LogP contribution in [0.5, 0.6) is 0 Å². The second-order valence-electron chi connectivity index (χ2n) is 5.39. The average molecular weight is 385 g/mol. The normalized spacial score (nSPS) is 15.9. The lowest BCUT2D eigenvalue weighted by Gasteiger charge is -2.26. The van der Waals surface area contributed by atoms with E-state index in [2.05, 4.69) is 10.3 Å². The SMILES string of the molecule is Cc1cnc(NC(=O)c2cc(S(=O)(=O)N3CCOCC3)ccc2F)s1. The number of anilines is 1. The quantitative estimate of drug-likeness (QED) is 0.868. The van der Waals surface area contributed by atoms with E-state index in [9.17, 15) is 17.6 Å². The zero-order chi connectivity index (χ0) is 18.0. The number of ether oxygens (including phenoxy) is 1. The lowest BCUT2D eigenvalue weighted by atomic mass is 10.2. The van der Waals surface area contributed by atoms with Crippen LogP contribution in [0.2, 0.25) is 0 Å². The van der Waals surface area contributed by atoms with Gasteiger partial charge in [-0.3, -0.25) is 10.1 Å². The third kappa shape index (κ3) is 3.87. The number of aromatic nitrogens is 1. The van der Waals surface area contributed by atoms with E-state index in [1.807, 2.05) is 6.92 Å². The molecule has 0 atom stereocenters. The first-order valence-electron chi connectivity index (χ1n) is 7.49. The molecule has 7 nitrogen and oxygen atoms in total. The van der Waals surface area contributed by atoms with Crippen LogP contribution in [0, 0.1) is 12.7 Å². The Hall–Kier alpha value is -1.88. The minimum atomic E-state index is -3.81. The standard InChI is InChI=1S/C15H16FN3O4S2/c1-10-9-17-15(24-10)18-14(20)12-8-11(2-3-13(12)16)25(21,22)19-4-6-23-7-5-19/h2-3,8-9H,4-7H2,1H3,(H,17,18,20). The van der Waals surface area contributed by atoms with Crippen LogP contribution in [0.4, 0.5) is 9.52 Å². The zero-order valence-corrected chi connectivity index (χ0v) is 15.0. The molecular formula is C15H16FN3O4S2. The van der Waals surface area contributed by atoms with Gasteiger partial charge in [-0.1, -0.05) is 0 Å². The fourth-order valence-corrected chi connectivity index (χ4v) is 4.45. The van der Waals surface area contributed by atoms with E-state index in [0.29, 0.717) is 18.3 Å². The van der Waals surface area contributed by atoms with E-state index < -0.39 is 21.7 Å². The van der Waals surface area contributed by atoms with Gasteiger partial charge in [-0.15, -0.1) is 11.3 Å². The Morgan fingerprint density at radius 1 is 1.36 bits per heavy atom. The Labute approximate surface area is 148 Å². The molecule has 1 amide bonds. The van der Waals surface area contributed by atoms with E-state index in [1.54, 1.807) is 6.20 Å². The number of sulfonamides is 1. The summed E-state index contributed by atoms with van der Waals surface area (Å²) in [5, 5.41) is 2.80. The minimum absolute atomic E-state index is 0.128. The molecule has 2 aromatic rings. The van der Waals surface area contributed by atoms with Crippen molar-refractivity contribution in [1.29, 1.82) is 0 Å². The summed E-state index contributed by atoms with van der Waals surface area (Å²) in [4.78, 5) is 17.0. The number of nitrogens with one attached hydrogen (secondary N) is 1. The van der Waals surface area contributed by atoms with Crippen LogP contribution in [0.1, 0.15) is 15.2 Å². The molecule has 0 bridgehead atoms. The number of carbonyl (C=O) groups excluding carboxylic acids is 1. The number of benzene rings is 1. The summed E-state index contributed by atoms with van der Waals surface area (Å²) in [5.41, 5.74) is -0.345. The van der Waals surface area contributed by atoms with Crippen molar-refractivity contribution >= 4 is 32.4 Å². The number of hydrogen-bond acceptors (Lipinski definition) is 6. The van der Waals surface area contributed by atoms with Crippen LogP contribution in [0.3, 0.4) is 0 Å². The van der Waals surface area contributed by atoms with E-state index in [1.165, 1.54) is 15.6 Å². The summed E-state index contributed by atoms with van der Waals surface area (Å²) in [6, 6.07) is 3.19. The highest BCUT2D eigenvalue weighted by Crippen LogP contribution is 2.22. The van der Waals surface area contributed by atoms with Gasteiger partial charge in [0.25, 0.3) is 5.91 Å². The lowest BCUT2D eigenvalue weighted by Crippen LogP contribution is -2.40. The van der Waals surface area contributed by atoms with E-state index in [-0.39, 0.29) is 23.5 Å². The monoisotopic (exact) mass is 385 g/mol. The van der Waals surface area contributed by atoms with Crippen LogP contribution in [-0.2, 0) is 14.8 Å². The van der Waals surface area contributed by atoms with Crippen molar-refractivity contribution in [3.05, 3.63) is 40.7 Å². The predicted octanol–water partition coefficient (Wildman–Crippen LogP) is 1.86. The van der Waals surface area contributed by atoms with Crippen LogP contribution in [0.15, 0.2) is 29.3 Å². The second-order valence-corrected chi connectivity index (χ2v) is 8.56.